The Morgan fingerprint density at radius 3 is 2.52 bits per heavy atom. The number of hydrogen-bond donors (Lipinski definition) is 2. The summed E-state index contributed by atoms with van der Waals surface area (Å²) in [5.74, 6) is 0.954. The molecule has 0 saturated carbocycles. The minimum Gasteiger partial charge on any atom is -0.393 e. The molecule has 0 bridgehead atoms. The Balaban J connectivity index is 2.26. The number of aliphatic hydroxyl groups is 1. The molecule has 25 heavy (non-hydrogen) atoms. The van der Waals surface area contributed by atoms with Gasteiger partial charge in [0.15, 0.2) is 0 Å². The third-order valence-electron chi connectivity index (χ3n) is 4.75. The van der Waals surface area contributed by atoms with Crippen LogP contribution in [0.2, 0.25) is 0 Å². The van der Waals surface area contributed by atoms with E-state index < -0.39 is 6.10 Å². The first-order valence-corrected chi connectivity index (χ1v) is 9.11. The quantitative estimate of drug-likeness (QED) is 0.823. The molecule has 2 atom stereocenters. The Hall–Kier alpha value is -1.66. The molecule has 2 N–H and O–H groups in total. The fourth-order valence-corrected chi connectivity index (χ4v) is 2.86. The Bertz CT molecular complexity index is 596. The van der Waals surface area contributed by atoms with Crippen molar-refractivity contribution in [2.75, 3.05) is 37.7 Å². The molecule has 1 fully saturated rings. The summed E-state index contributed by atoms with van der Waals surface area (Å²) in [6.45, 7) is 13.2. The molecule has 1 aliphatic rings. The maximum atomic E-state index is 12.7. The fourth-order valence-electron chi connectivity index (χ4n) is 2.86. The van der Waals surface area contributed by atoms with E-state index in [4.69, 9.17) is 9.72 Å². The van der Waals surface area contributed by atoms with Gasteiger partial charge in [-0.3, -0.25) is 4.79 Å². The van der Waals surface area contributed by atoms with Crippen molar-refractivity contribution in [2.45, 2.75) is 46.6 Å². The molecule has 1 aliphatic heterocycles. The predicted molar refractivity (Wildman–Crippen MR) is 99.3 cm³/mol. The summed E-state index contributed by atoms with van der Waals surface area (Å²) in [5, 5.41) is 12.5. The molecule has 2 heterocycles. The van der Waals surface area contributed by atoms with Crippen molar-refractivity contribution in [3.8, 4) is 0 Å². The van der Waals surface area contributed by atoms with Gasteiger partial charge < -0.3 is 20.1 Å². The predicted octanol–water partition coefficient (Wildman–Crippen LogP) is 2.10. The average Bonchev–Trinajstić information content (AvgIpc) is 2.59. The molecule has 0 radical (unpaired) electrons. The first-order chi connectivity index (χ1) is 11.8. The molecular formula is C19H31N3O3. The SMILES string of the molecule is Cc1cc(N2CCOCC2)nc(C(C)C)c1C(=O)NCC(C)C(C)O. The van der Waals surface area contributed by atoms with E-state index in [0.29, 0.717) is 25.3 Å². The lowest BCUT2D eigenvalue weighted by Crippen LogP contribution is -2.37. The van der Waals surface area contributed by atoms with Gasteiger partial charge in [0, 0.05) is 19.6 Å². The number of rotatable bonds is 6. The number of ether oxygens (including phenoxy) is 1. The van der Waals surface area contributed by atoms with Crippen molar-refractivity contribution in [3.63, 3.8) is 0 Å². The summed E-state index contributed by atoms with van der Waals surface area (Å²) in [7, 11) is 0. The monoisotopic (exact) mass is 349 g/mol. The lowest BCUT2D eigenvalue weighted by Gasteiger charge is -2.29. The summed E-state index contributed by atoms with van der Waals surface area (Å²) in [6, 6.07) is 1.99. The van der Waals surface area contributed by atoms with E-state index in [1.807, 2.05) is 19.9 Å². The summed E-state index contributed by atoms with van der Waals surface area (Å²) in [4.78, 5) is 19.7. The molecule has 6 heteroatoms. The van der Waals surface area contributed by atoms with Gasteiger partial charge in [-0.25, -0.2) is 4.98 Å². The van der Waals surface area contributed by atoms with Crippen LogP contribution in [0.1, 0.15) is 55.2 Å². The van der Waals surface area contributed by atoms with Crippen LogP contribution in [-0.2, 0) is 4.74 Å². The lowest BCUT2D eigenvalue weighted by atomic mass is 9.98. The highest BCUT2D eigenvalue weighted by molar-refractivity contribution is 5.97. The standard InChI is InChI=1S/C19H31N3O3/c1-12(2)18-17(19(24)20-11-14(4)15(5)23)13(3)10-16(21-18)22-6-8-25-9-7-22/h10,12,14-15,23H,6-9,11H2,1-5H3,(H,20,24). The number of nitrogens with one attached hydrogen (secondary N) is 1. The van der Waals surface area contributed by atoms with E-state index in [2.05, 4.69) is 24.1 Å². The maximum absolute atomic E-state index is 12.7. The van der Waals surface area contributed by atoms with Crippen LogP contribution in [0.5, 0.6) is 0 Å². The molecule has 1 aromatic heterocycles. The Morgan fingerprint density at radius 2 is 1.96 bits per heavy atom. The van der Waals surface area contributed by atoms with Crippen LogP contribution in [0, 0.1) is 12.8 Å². The molecule has 0 spiro atoms. The second kappa shape index (κ2) is 8.63. The highest BCUT2D eigenvalue weighted by Gasteiger charge is 2.22. The van der Waals surface area contributed by atoms with Crippen LogP contribution in [0.25, 0.3) is 0 Å². The van der Waals surface area contributed by atoms with E-state index in [1.54, 1.807) is 6.92 Å². The highest BCUT2D eigenvalue weighted by atomic mass is 16.5. The number of amides is 1. The normalized spacial score (nSPS) is 17.5. The third-order valence-corrected chi connectivity index (χ3v) is 4.75. The maximum Gasteiger partial charge on any atom is 0.253 e. The lowest BCUT2D eigenvalue weighted by molar-refractivity contribution is 0.0914. The summed E-state index contributed by atoms with van der Waals surface area (Å²) < 4.78 is 5.41. The van der Waals surface area contributed by atoms with Crippen molar-refractivity contribution < 1.29 is 14.6 Å². The van der Waals surface area contributed by atoms with Crippen LogP contribution < -0.4 is 10.2 Å². The summed E-state index contributed by atoms with van der Waals surface area (Å²) >= 11 is 0. The third kappa shape index (κ3) is 4.92. The van der Waals surface area contributed by atoms with Gasteiger partial charge in [0.2, 0.25) is 0 Å². The van der Waals surface area contributed by atoms with Crippen LogP contribution in [0.15, 0.2) is 6.07 Å². The Kier molecular flexibility index (Phi) is 6.79. The summed E-state index contributed by atoms with van der Waals surface area (Å²) in [5.41, 5.74) is 2.41. The molecule has 6 nitrogen and oxygen atoms in total. The van der Waals surface area contributed by atoms with Crippen LogP contribution >= 0.6 is 0 Å². The van der Waals surface area contributed by atoms with Crippen LogP contribution in [-0.4, -0.2) is 54.9 Å². The van der Waals surface area contributed by atoms with Gasteiger partial charge in [-0.1, -0.05) is 20.8 Å². The zero-order valence-electron chi connectivity index (χ0n) is 16.0. The van der Waals surface area contributed by atoms with E-state index >= 15 is 0 Å². The van der Waals surface area contributed by atoms with Crippen molar-refractivity contribution >= 4 is 11.7 Å². The molecule has 1 amide bonds. The first kappa shape index (κ1) is 19.7. The molecule has 0 aromatic carbocycles. The zero-order valence-corrected chi connectivity index (χ0v) is 16.0. The summed E-state index contributed by atoms with van der Waals surface area (Å²) in [6.07, 6.45) is -0.451. The average molecular weight is 349 g/mol. The van der Waals surface area contributed by atoms with Crippen LogP contribution in [0.3, 0.4) is 0 Å². The van der Waals surface area contributed by atoms with Crippen molar-refractivity contribution in [1.82, 2.24) is 10.3 Å². The van der Waals surface area contributed by atoms with E-state index in [-0.39, 0.29) is 17.7 Å². The van der Waals surface area contributed by atoms with Crippen molar-refractivity contribution in [2.24, 2.45) is 5.92 Å². The van der Waals surface area contributed by atoms with Gasteiger partial charge >= 0.3 is 0 Å². The van der Waals surface area contributed by atoms with Crippen LogP contribution in [0.4, 0.5) is 5.82 Å². The molecule has 1 saturated heterocycles. The number of pyridine rings is 1. The molecular weight excluding hydrogens is 318 g/mol. The topological polar surface area (TPSA) is 74.7 Å². The van der Waals surface area contributed by atoms with Gasteiger partial charge in [-0.05, 0) is 37.3 Å². The zero-order chi connectivity index (χ0) is 18.6. The van der Waals surface area contributed by atoms with Crippen molar-refractivity contribution in [1.29, 1.82) is 0 Å². The largest absolute Gasteiger partial charge is 0.393 e. The number of carbonyl (C=O) groups excluding carboxylic acids is 1. The van der Waals surface area contributed by atoms with Gasteiger partial charge in [0.05, 0.1) is 30.6 Å². The number of aryl methyl sites for hydroxylation is 1. The Morgan fingerprint density at radius 1 is 1.32 bits per heavy atom. The number of morpholine rings is 1. The van der Waals surface area contributed by atoms with E-state index in [0.717, 1.165) is 30.2 Å². The number of aromatic nitrogens is 1. The Labute approximate surface area is 150 Å². The molecule has 2 rings (SSSR count). The molecule has 140 valence electrons. The smallest absolute Gasteiger partial charge is 0.253 e. The number of aliphatic hydroxyl groups excluding tert-OH is 1. The first-order valence-electron chi connectivity index (χ1n) is 9.11. The molecule has 0 aliphatic carbocycles. The van der Waals surface area contributed by atoms with Crippen molar-refractivity contribution in [3.05, 3.63) is 22.9 Å². The highest BCUT2D eigenvalue weighted by Crippen LogP contribution is 2.26. The number of nitrogens with zero attached hydrogens (tertiary/aromatic N) is 2. The number of anilines is 1. The van der Waals surface area contributed by atoms with Gasteiger partial charge in [0.25, 0.3) is 5.91 Å². The number of hydrogen-bond acceptors (Lipinski definition) is 5. The molecule has 2 unspecified atom stereocenters. The van der Waals surface area contributed by atoms with Gasteiger partial charge in [-0.2, -0.15) is 0 Å². The number of carbonyl (C=O) groups is 1. The van der Waals surface area contributed by atoms with E-state index in [9.17, 15) is 9.90 Å². The minimum absolute atomic E-state index is 0.00679. The van der Waals surface area contributed by atoms with Gasteiger partial charge in [0.1, 0.15) is 5.82 Å². The van der Waals surface area contributed by atoms with E-state index in [1.165, 1.54) is 0 Å². The fraction of sp³-hybridized carbons (Fsp3) is 0.684. The second-order valence-electron chi connectivity index (χ2n) is 7.24. The second-order valence-corrected chi connectivity index (χ2v) is 7.24. The molecule has 1 aromatic rings. The minimum atomic E-state index is -0.451. The van der Waals surface area contributed by atoms with Gasteiger partial charge in [-0.15, -0.1) is 0 Å².